The predicted octanol–water partition coefficient (Wildman–Crippen LogP) is 0.576. The first kappa shape index (κ1) is 9.27. The van der Waals surface area contributed by atoms with E-state index in [0.29, 0.717) is 5.15 Å². The first-order valence-electron chi connectivity index (χ1n) is 3.77. The molecule has 0 bridgehead atoms. The normalized spacial score (nSPS) is 10.9. The number of nitrogens with zero attached hydrogens (tertiary/aromatic N) is 3. The third kappa shape index (κ3) is 1.44. The Morgan fingerprint density at radius 3 is 2.92 bits per heavy atom. The quantitative estimate of drug-likeness (QED) is 0.438. The Kier molecular flexibility index (Phi) is 2.46. The van der Waals surface area contributed by atoms with Crippen molar-refractivity contribution in [2.45, 2.75) is 4.43 Å². The van der Waals surface area contributed by atoms with E-state index in [1.165, 1.54) is 0 Å². The minimum absolute atomic E-state index is 0.509. The van der Waals surface area contributed by atoms with Crippen LogP contribution in [0.15, 0.2) is 12.4 Å². The molecule has 0 radical (unpaired) electrons. The summed E-state index contributed by atoms with van der Waals surface area (Å²) in [5, 5.41) is 0.509. The largest absolute Gasteiger partial charge is 0.304 e. The van der Waals surface area contributed by atoms with E-state index in [4.69, 9.17) is 11.6 Å². The maximum atomic E-state index is 5.92. The molecule has 6 heteroatoms. The van der Waals surface area contributed by atoms with Gasteiger partial charge in [0.15, 0.2) is 13.0 Å². The number of aromatic nitrogens is 3. The molecule has 0 aliphatic carbocycles. The van der Waals surface area contributed by atoms with Gasteiger partial charge in [0.05, 0.1) is 17.6 Å². The van der Waals surface area contributed by atoms with Crippen LogP contribution in [-0.4, -0.2) is 22.2 Å². The predicted molar refractivity (Wildman–Crippen MR) is 63.9 cm³/mol. The molecule has 2 aromatic rings. The molecule has 66 valence electrons. The molecule has 0 aromatic carbocycles. The first-order chi connectivity index (χ1) is 6.24. The van der Waals surface area contributed by atoms with Gasteiger partial charge >= 0.3 is 0 Å². The van der Waals surface area contributed by atoms with Crippen molar-refractivity contribution in [3.8, 4) is 0 Å². The highest BCUT2D eigenvalue weighted by molar-refractivity contribution is 14.1. The van der Waals surface area contributed by atoms with Crippen molar-refractivity contribution < 1.29 is 0 Å². The summed E-state index contributed by atoms with van der Waals surface area (Å²) in [6.45, 7) is 0. The Morgan fingerprint density at radius 1 is 1.46 bits per heavy atom. The lowest BCUT2D eigenvalue weighted by Crippen LogP contribution is -2.15. The fourth-order valence-electron chi connectivity index (χ4n) is 1.30. The van der Waals surface area contributed by atoms with Crippen molar-refractivity contribution in [1.29, 1.82) is 0 Å². The van der Waals surface area contributed by atoms with E-state index in [-0.39, 0.29) is 0 Å². The molecule has 2 heterocycles. The molecule has 0 unspecified atom stereocenters. The van der Waals surface area contributed by atoms with E-state index >= 15 is 0 Å². The van der Waals surface area contributed by atoms with Crippen LogP contribution in [0, 0.1) is 0 Å². The number of hydrogen-bond donors (Lipinski definition) is 0. The van der Waals surface area contributed by atoms with E-state index in [1.54, 1.807) is 12.4 Å². The van der Waals surface area contributed by atoms with Crippen LogP contribution in [0.3, 0.4) is 0 Å². The van der Waals surface area contributed by atoms with Crippen molar-refractivity contribution in [3.05, 3.63) is 23.2 Å². The zero-order valence-electron chi connectivity index (χ0n) is 6.96. The second-order valence-corrected chi connectivity index (χ2v) is 3.82. The summed E-state index contributed by atoms with van der Waals surface area (Å²) in [5.74, 6) is 0. The van der Waals surface area contributed by atoms with Gasteiger partial charge in [-0.25, -0.2) is 4.98 Å². The zero-order valence-corrected chi connectivity index (χ0v) is 9.87. The zero-order chi connectivity index (χ0) is 9.42. The molecule has 13 heavy (non-hydrogen) atoms. The van der Waals surface area contributed by atoms with Gasteiger partial charge in [0.25, 0.3) is 0 Å². The molecule has 0 atom stereocenters. The van der Waals surface area contributed by atoms with E-state index in [9.17, 15) is 0 Å². The van der Waals surface area contributed by atoms with Crippen LogP contribution >= 0.6 is 34.2 Å². The van der Waals surface area contributed by atoms with Crippen LogP contribution in [0.4, 0.5) is 0 Å². The summed E-state index contributed by atoms with van der Waals surface area (Å²) in [6.07, 6.45) is 3.54. The van der Waals surface area contributed by atoms with Crippen LogP contribution in [0.25, 0.3) is 5.52 Å². The van der Waals surface area contributed by atoms with Gasteiger partial charge in [-0.1, -0.05) is 34.2 Å². The molecule has 0 N–H and O–H groups in total. The molecule has 3 nitrogen and oxygen atoms in total. The molecule has 0 saturated heterocycles. The van der Waals surface area contributed by atoms with Gasteiger partial charge in [0, 0.05) is 10.6 Å². The average molecular weight is 305 g/mol. The Hall–Kier alpha value is -0.295. The number of fused-ring (bicyclic) bond motifs is 1. The molecule has 0 aliphatic heterocycles. The van der Waals surface area contributed by atoms with Gasteiger partial charge in [-0.2, -0.15) is 0 Å². The van der Waals surface area contributed by atoms with E-state index in [1.807, 2.05) is 12.2 Å². The average Bonchev–Trinajstić information content (AvgIpc) is 2.51. The first-order valence-corrected chi connectivity index (χ1v) is 5.68. The lowest BCUT2D eigenvalue weighted by Gasteiger charge is -2.03. The van der Waals surface area contributed by atoms with Gasteiger partial charge in [-0.15, -0.1) is 0 Å². The summed E-state index contributed by atoms with van der Waals surface area (Å²) in [4.78, 5) is 8.29. The standard InChI is InChI=1S/C7H6BClIN3/c8-7-12-3-5-6(9)11-2-4(1-10)13(5)7/h2-3H,1,8H2. The van der Waals surface area contributed by atoms with Gasteiger partial charge in [0.1, 0.15) is 5.52 Å². The SMILES string of the molecule is Bc1ncc2c(Cl)ncc(CI)n12. The molecule has 2 rings (SSSR count). The third-order valence-electron chi connectivity index (χ3n) is 1.90. The molecule has 0 aliphatic rings. The highest BCUT2D eigenvalue weighted by Crippen LogP contribution is 2.15. The number of hydrogen-bond acceptors (Lipinski definition) is 2. The Bertz CT molecular complexity index is 456. The Morgan fingerprint density at radius 2 is 2.23 bits per heavy atom. The van der Waals surface area contributed by atoms with Crippen molar-refractivity contribution >= 4 is 53.3 Å². The topological polar surface area (TPSA) is 30.2 Å². The number of rotatable bonds is 1. The van der Waals surface area contributed by atoms with Crippen LogP contribution < -0.4 is 5.72 Å². The van der Waals surface area contributed by atoms with Crippen LogP contribution in [0.1, 0.15) is 5.69 Å². The molecular formula is C7H6BClIN3. The summed E-state index contributed by atoms with van der Waals surface area (Å²) < 4.78 is 2.93. The monoisotopic (exact) mass is 305 g/mol. The van der Waals surface area contributed by atoms with Gasteiger partial charge in [-0.05, 0) is 0 Å². The highest BCUT2D eigenvalue weighted by Gasteiger charge is 2.07. The summed E-state index contributed by atoms with van der Waals surface area (Å²) in [5.41, 5.74) is 2.95. The number of imidazole rings is 1. The van der Waals surface area contributed by atoms with Crippen molar-refractivity contribution in [2.24, 2.45) is 0 Å². The van der Waals surface area contributed by atoms with E-state index < -0.39 is 0 Å². The highest BCUT2D eigenvalue weighted by atomic mass is 127. The lowest BCUT2D eigenvalue weighted by molar-refractivity contribution is 1.07. The third-order valence-corrected chi connectivity index (χ3v) is 2.97. The number of halogens is 2. The Labute approximate surface area is 95.1 Å². The van der Waals surface area contributed by atoms with E-state index in [2.05, 4.69) is 32.6 Å². The lowest BCUT2D eigenvalue weighted by atomic mass is 10.1. The molecule has 0 spiro atoms. The van der Waals surface area contributed by atoms with Crippen molar-refractivity contribution in [2.75, 3.05) is 0 Å². The van der Waals surface area contributed by atoms with Gasteiger partial charge in [-0.3, -0.25) is 4.98 Å². The molecular weight excluding hydrogens is 299 g/mol. The second-order valence-electron chi connectivity index (χ2n) is 2.70. The Balaban J connectivity index is 2.88. The molecule has 0 amide bonds. The van der Waals surface area contributed by atoms with Crippen LogP contribution in [0.2, 0.25) is 5.15 Å². The van der Waals surface area contributed by atoms with Gasteiger partial charge in [0.2, 0.25) is 0 Å². The van der Waals surface area contributed by atoms with Gasteiger partial charge < -0.3 is 4.40 Å². The summed E-state index contributed by atoms with van der Waals surface area (Å²) in [6, 6.07) is 0. The summed E-state index contributed by atoms with van der Waals surface area (Å²) in [7, 11) is 1.96. The minimum Gasteiger partial charge on any atom is -0.304 e. The maximum absolute atomic E-state index is 5.92. The van der Waals surface area contributed by atoms with Crippen LogP contribution in [-0.2, 0) is 4.43 Å². The second kappa shape index (κ2) is 3.45. The maximum Gasteiger partial charge on any atom is 0.186 e. The smallest absolute Gasteiger partial charge is 0.186 e. The molecule has 2 aromatic heterocycles. The fourth-order valence-corrected chi connectivity index (χ4v) is 2.02. The van der Waals surface area contributed by atoms with Crippen LogP contribution in [0.5, 0.6) is 0 Å². The van der Waals surface area contributed by atoms with Crippen molar-refractivity contribution in [3.63, 3.8) is 0 Å². The van der Waals surface area contributed by atoms with Crippen molar-refractivity contribution in [1.82, 2.24) is 14.4 Å². The minimum atomic E-state index is 0.509. The van der Waals surface area contributed by atoms with E-state index in [0.717, 1.165) is 21.4 Å². The fraction of sp³-hybridized carbons (Fsp3) is 0.143. The molecule has 0 fully saturated rings. The summed E-state index contributed by atoms with van der Waals surface area (Å²) >= 11 is 8.22. The number of alkyl halides is 1. The molecule has 0 saturated carbocycles.